The van der Waals surface area contributed by atoms with Gasteiger partial charge in [0.1, 0.15) is 12.2 Å². The van der Waals surface area contributed by atoms with Crippen LogP contribution in [0.4, 0.5) is 0 Å². The van der Waals surface area contributed by atoms with E-state index in [0.717, 1.165) is 24.0 Å². The van der Waals surface area contributed by atoms with E-state index in [1.165, 1.54) is 0 Å². The molecule has 2 aliphatic heterocycles. The first-order valence-corrected chi connectivity index (χ1v) is 8.03. The Morgan fingerprint density at radius 2 is 2.22 bits per heavy atom. The lowest BCUT2D eigenvalue weighted by atomic mass is 9.53. The number of hydrogen-bond acceptors (Lipinski definition) is 4. The molecule has 2 bridgehead atoms. The van der Waals surface area contributed by atoms with Crippen molar-refractivity contribution in [2.24, 2.45) is 11.7 Å². The molecule has 1 aromatic carbocycles. The Bertz CT molecular complexity index is 762. The van der Waals surface area contributed by atoms with Crippen molar-refractivity contribution in [1.82, 2.24) is 4.90 Å². The minimum atomic E-state index is -0.687. The number of nitrogens with two attached hydrogens (primary N) is 1. The zero-order chi connectivity index (χ0) is 15.9. The Morgan fingerprint density at radius 3 is 3.00 bits per heavy atom. The highest BCUT2D eigenvalue weighted by Crippen LogP contribution is 2.62. The van der Waals surface area contributed by atoms with Crippen LogP contribution in [-0.2, 0) is 11.8 Å². The van der Waals surface area contributed by atoms with E-state index in [1.54, 1.807) is 12.1 Å². The quantitative estimate of drug-likeness (QED) is 0.317. The monoisotopic (exact) mass is 313 g/mol. The van der Waals surface area contributed by atoms with Gasteiger partial charge in [-0.3, -0.25) is 5.41 Å². The first-order valence-electron chi connectivity index (χ1n) is 8.03. The largest absolute Gasteiger partial charge is 0.504 e. The van der Waals surface area contributed by atoms with Crippen molar-refractivity contribution < 1.29 is 14.9 Å². The van der Waals surface area contributed by atoms with Crippen LogP contribution in [0, 0.1) is 11.3 Å². The number of likely N-dealkylation sites (tertiary alicyclic amines) is 1. The van der Waals surface area contributed by atoms with Gasteiger partial charge in [-0.05, 0) is 24.5 Å². The van der Waals surface area contributed by atoms with Gasteiger partial charge in [-0.1, -0.05) is 18.2 Å². The molecule has 1 fully saturated rings. The predicted octanol–water partition coefficient (Wildman–Crippen LogP) is 0.462. The second-order valence-corrected chi connectivity index (χ2v) is 7.03. The molecule has 5 N–H and O–H groups in total. The number of rotatable bonds is 0. The second-order valence-electron chi connectivity index (χ2n) is 7.03. The molecule has 23 heavy (non-hydrogen) atoms. The van der Waals surface area contributed by atoms with Crippen molar-refractivity contribution >= 4 is 5.96 Å². The van der Waals surface area contributed by atoms with Crippen molar-refractivity contribution in [3.8, 4) is 11.5 Å². The van der Waals surface area contributed by atoms with Gasteiger partial charge in [-0.2, -0.15) is 0 Å². The second kappa shape index (κ2) is 4.00. The van der Waals surface area contributed by atoms with Crippen LogP contribution < -0.4 is 10.5 Å². The van der Waals surface area contributed by atoms with Crippen LogP contribution in [0.2, 0.25) is 0 Å². The number of benzene rings is 1. The lowest BCUT2D eigenvalue weighted by Gasteiger charge is -2.57. The molecule has 120 valence electrons. The molecule has 1 spiro atoms. The summed E-state index contributed by atoms with van der Waals surface area (Å²) in [5, 5.41) is 28.6. The molecule has 0 radical (unpaired) electrons. The number of hydrogen-bond donors (Lipinski definition) is 4. The minimum absolute atomic E-state index is 0.0964. The molecule has 1 aromatic rings. The summed E-state index contributed by atoms with van der Waals surface area (Å²) in [4.78, 5) is 1.96. The van der Waals surface area contributed by atoms with Crippen molar-refractivity contribution in [2.75, 3.05) is 6.54 Å². The minimum Gasteiger partial charge on any atom is -0.504 e. The third-order valence-electron chi connectivity index (χ3n) is 6.18. The van der Waals surface area contributed by atoms with E-state index in [4.69, 9.17) is 15.9 Å². The summed E-state index contributed by atoms with van der Waals surface area (Å²) in [7, 11) is 0. The fourth-order valence-electron chi connectivity index (χ4n) is 5.36. The number of guanidine groups is 1. The van der Waals surface area contributed by atoms with Gasteiger partial charge in [0.15, 0.2) is 17.5 Å². The Labute approximate surface area is 133 Å². The van der Waals surface area contributed by atoms with Crippen LogP contribution in [0.3, 0.4) is 0 Å². The van der Waals surface area contributed by atoms with E-state index >= 15 is 0 Å². The zero-order valence-corrected chi connectivity index (χ0v) is 12.6. The number of aromatic hydroxyl groups is 1. The highest BCUT2D eigenvalue weighted by molar-refractivity contribution is 5.76. The number of aliphatic hydroxyl groups excluding tert-OH is 1. The first-order chi connectivity index (χ1) is 11.0. The van der Waals surface area contributed by atoms with Crippen LogP contribution >= 0.6 is 0 Å². The van der Waals surface area contributed by atoms with Crippen molar-refractivity contribution in [1.29, 1.82) is 5.41 Å². The third kappa shape index (κ3) is 1.36. The number of ether oxygens (including phenoxy) is 1. The highest BCUT2D eigenvalue weighted by Gasteiger charge is 2.64. The van der Waals surface area contributed by atoms with Gasteiger partial charge in [0, 0.05) is 29.5 Å². The molecule has 5 rings (SSSR count). The molecule has 0 amide bonds. The molecule has 1 unspecified atom stereocenters. The standard InChI is InChI=1S/C17H19N3O3/c18-16(19)20-6-5-17-9-2-4-12(22)15(17)23-14-11(21)3-1-8(13(14)17)7-10(9)20/h1-4,9-10,12,15,21-22H,5-7H2,(H3,18,19)/t9?,10-,12+,15+,17+/m1/s1. The van der Waals surface area contributed by atoms with Crippen LogP contribution in [0.5, 0.6) is 11.5 Å². The lowest BCUT2D eigenvalue weighted by molar-refractivity contribution is -0.0366. The molecule has 0 saturated carbocycles. The van der Waals surface area contributed by atoms with Crippen molar-refractivity contribution in [2.45, 2.75) is 36.5 Å². The highest BCUT2D eigenvalue weighted by atomic mass is 16.5. The molecule has 2 heterocycles. The van der Waals surface area contributed by atoms with Crippen LogP contribution in [0.1, 0.15) is 17.5 Å². The van der Waals surface area contributed by atoms with Crippen molar-refractivity contribution in [3.63, 3.8) is 0 Å². The number of nitrogens with zero attached hydrogens (tertiary/aromatic N) is 1. The van der Waals surface area contributed by atoms with Crippen LogP contribution in [0.15, 0.2) is 24.3 Å². The van der Waals surface area contributed by atoms with E-state index in [2.05, 4.69) is 6.08 Å². The smallest absolute Gasteiger partial charge is 0.188 e. The number of aliphatic hydroxyl groups is 1. The molecule has 6 heteroatoms. The van der Waals surface area contributed by atoms with Gasteiger partial charge in [-0.25, -0.2) is 0 Å². The average Bonchev–Trinajstić information content (AvgIpc) is 2.86. The average molecular weight is 313 g/mol. The van der Waals surface area contributed by atoms with Crippen LogP contribution in [0.25, 0.3) is 0 Å². The maximum Gasteiger partial charge on any atom is 0.188 e. The fraction of sp³-hybridized carbons (Fsp3) is 0.471. The van der Waals surface area contributed by atoms with Gasteiger partial charge in [0.05, 0.1) is 0 Å². The molecule has 5 atom stereocenters. The summed E-state index contributed by atoms with van der Waals surface area (Å²) in [5.41, 5.74) is 7.68. The molecule has 4 aliphatic rings. The number of phenols is 1. The number of piperidine rings is 1. The molecule has 2 aliphatic carbocycles. The summed E-state index contributed by atoms with van der Waals surface area (Å²) in [5.74, 6) is 0.910. The van der Waals surface area contributed by atoms with E-state index < -0.39 is 6.10 Å². The summed E-state index contributed by atoms with van der Waals surface area (Å²) in [6.45, 7) is 0.672. The third-order valence-corrected chi connectivity index (χ3v) is 6.18. The maximum atomic E-state index is 10.5. The predicted molar refractivity (Wildman–Crippen MR) is 83.6 cm³/mol. The first kappa shape index (κ1) is 13.2. The molecule has 1 saturated heterocycles. The van der Waals surface area contributed by atoms with Gasteiger partial charge in [0.2, 0.25) is 0 Å². The summed E-state index contributed by atoms with van der Waals surface area (Å²) >= 11 is 0. The summed E-state index contributed by atoms with van der Waals surface area (Å²) in [6, 6.07) is 3.70. The SMILES string of the molecule is N=C(N)N1CC[C@]23c4c5ccc(O)c4O[C@H]2[C@@H](O)C=CC3[C@H]1C5. The van der Waals surface area contributed by atoms with Gasteiger partial charge in [-0.15, -0.1) is 0 Å². The molecular formula is C17H19N3O3. The Balaban J connectivity index is 1.79. The molecule has 0 aromatic heterocycles. The summed E-state index contributed by atoms with van der Waals surface area (Å²) in [6.07, 6.45) is 4.31. The van der Waals surface area contributed by atoms with Gasteiger partial charge >= 0.3 is 0 Å². The topological polar surface area (TPSA) is 103 Å². The number of phenolic OH excluding ortho intramolecular Hbond substituents is 1. The normalized spacial score (nSPS) is 38.9. The van der Waals surface area contributed by atoms with Crippen molar-refractivity contribution in [3.05, 3.63) is 35.4 Å². The number of nitrogens with one attached hydrogen (secondary N) is 1. The fourth-order valence-corrected chi connectivity index (χ4v) is 5.36. The van der Waals surface area contributed by atoms with E-state index in [-0.39, 0.29) is 35.2 Å². The molecule has 6 nitrogen and oxygen atoms in total. The van der Waals surface area contributed by atoms with E-state index in [9.17, 15) is 10.2 Å². The molecular weight excluding hydrogens is 294 g/mol. The Morgan fingerprint density at radius 1 is 1.39 bits per heavy atom. The summed E-state index contributed by atoms with van der Waals surface area (Å²) < 4.78 is 6.06. The van der Waals surface area contributed by atoms with E-state index in [1.807, 2.05) is 11.0 Å². The maximum absolute atomic E-state index is 10.5. The Kier molecular flexibility index (Phi) is 2.30. The Hall–Kier alpha value is -2.21. The lowest BCUT2D eigenvalue weighted by Crippen LogP contribution is -2.67. The zero-order valence-electron chi connectivity index (χ0n) is 12.6. The van der Waals surface area contributed by atoms with Gasteiger partial charge in [0.25, 0.3) is 0 Å². The van der Waals surface area contributed by atoms with E-state index in [0.29, 0.717) is 12.3 Å². The van der Waals surface area contributed by atoms with Crippen LogP contribution in [-0.4, -0.2) is 45.9 Å². The van der Waals surface area contributed by atoms with Gasteiger partial charge < -0.3 is 25.6 Å².